The second-order valence-electron chi connectivity index (χ2n) is 17.8. The van der Waals surface area contributed by atoms with Gasteiger partial charge in [0.2, 0.25) is 5.91 Å². The van der Waals surface area contributed by atoms with Crippen LogP contribution >= 0.6 is 0 Å². The number of fused-ring (bicyclic) bond motifs is 5. The van der Waals surface area contributed by atoms with Gasteiger partial charge in [0.1, 0.15) is 6.10 Å². The molecule has 4 rings (SSSR count). The van der Waals surface area contributed by atoms with Crippen LogP contribution in [0.15, 0.2) is 12.7 Å². The van der Waals surface area contributed by atoms with Crippen LogP contribution in [-0.4, -0.2) is 60.8 Å². The van der Waals surface area contributed by atoms with E-state index in [-0.39, 0.29) is 47.1 Å². The van der Waals surface area contributed by atoms with Crippen LogP contribution in [0.2, 0.25) is 0 Å². The molecule has 290 valence electrons. The Balaban J connectivity index is 0.00000164. The highest BCUT2D eigenvalue weighted by atomic mass is 16.5. The molecular weight excluding hydrogens is 626 g/mol. The first-order valence-corrected chi connectivity index (χ1v) is 20.2. The number of hydrogen-bond donors (Lipinski definition) is 1. The highest BCUT2D eigenvalue weighted by Crippen LogP contribution is 2.71. The van der Waals surface area contributed by atoms with Gasteiger partial charge >= 0.3 is 11.9 Å². The van der Waals surface area contributed by atoms with Gasteiger partial charge in [-0.15, -0.1) is 6.58 Å². The molecule has 50 heavy (non-hydrogen) atoms. The van der Waals surface area contributed by atoms with Gasteiger partial charge in [-0.3, -0.25) is 14.4 Å². The van der Waals surface area contributed by atoms with Crippen LogP contribution in [0.25, 0.3) is 0 Å². The van der Waals surface area contributed by atoms with Crippen molar-refractivity contribution < 1.29 is 29.0 Å². The van der Waals surface area contributed by atoms with Crippen molar-refractivity contribution >= 4 is 17.8 Å². The Bertz CT molecular complexity index is 1120. The van der Waals surface area contributed by atoms with Crippen molar-refractivity contribution in [2.75, 3.05) is 26.8 Å². The van der Waals surface area contributed by atoms with Gasteiger partial charge in [-0.1, -0.05) is 74.8 Å². The summed E-state index contributed by atoms with van der Waals surface area (Å²) in [5.41, 5.74) is -0.298. The van der Waals surface area contributed by atoms with Gasteiger partial charge in [0.15, 0.2) is 0 Å². The monoisotopic (exact) mass is 704 g/mol. The van der Waals surface area contributed by atoms with Crippen LogP contribution in [0.3, 0.4) is 0 Å². The van der Waals surface area contributed by atoms with Gasteiger partial charge in [0, 0.05) is 31.5 Å². The molecule has 0 bridgehead atoms. The summed E-state index contributed by atoms with van der Waals surface area (Å²) in [5, 5.41) is 9.28. The third-order valence-corrected chi connectivity index (χ3v) is 13.7. The number of amides is 1. The first-order chi connectivity index (χ1) is 23.4. The number of rotatable bonds is 12. The lowest BCUT2D eigenvalue weighted by molar-refractivity contribution is -0.220. The molecule has 0 aromatic heterocycles. The molecule has 7 heteroatoms. The number of carbonyl (C=O) groups excluding carboxylic acids is 2. The SMILES string of the molecule is C=CC.CC.CCCC1[C@H]2CCC3C(C)(CCC4C(C)(C)[C@@H](OC(=O)CC(C)(C)CC(=O)O)CC[C@]34C)C2CC[C@@H]1C(=O)N(C)CCOCC. The Kier molecular flexibility index (Phi) is 16.6. The number of carboxylic acid groups (broad SMARTS) is 1. The topological polar surface area (TPSA) is 93.1 Å². The fourth-order valence-electron chi connectivity index (χ4n) is 11.7. The van der Waals surface area contributed by atoms with Gasteiger partial charge in [0.25, 0.3) is 0 Å². The number of allylic oxidation sites excluding steroid dienone is 1. The van der Waals surface area contributed by atoms with E-state index in [1.54, 1.807) is 6.08 Å². The number of carbonyl (C=O) groups is 3. The lowest BCUT2D eigenvalue weighted by Gasteiger charge is -2.69. The minimum Gasteiger partial charge on any atom is -0.481 e. The molecule has 0 heterocycles. The van der Waals surface area contributed by atoms with Gasteiger partial charge < -0.3 is 19.5 Å². The van der Waals surface area contributed by atoms with Crippen LogP contribution in [0.4, 0.5) is 0 Å². The average Bonchev–Trinajstić information content (AvgIpc) is 3.02. The molecule has 4 aliphatic rings. The van der Waals surface area contributed by atoms with Crippen molar-refractivity contribution in [1.82, 2.24) is 4.90 Å². The number of carboxylic acids is 1. The zero-order chi connectivity index (χ0) is 38.1. The standard InChI is InChI=1S/C38H65NO6.C3H6.C2H6/c1-10-12-25-26-14-16-30-37(7,28(26)15-13-27(25)34(43)39(9)21-22-44-11-2)19-17-29-36(5,6)31(18-20-38(29,30)8)45-33(42)24-35(3,4)23-32(40)41;1-3-2;1-2/h25-31H,10-24H2,1-9H3,(H,40,41);3H,1H2,2H3;1-2H3/t25?,26-,27+,28?,29?,30?,31+,37?,38+;;/m1../s1. The fourth-order valence-corrected chi connectivity index (χ4v) is 11.7. The van der Waals surface area contributed by atoms with E-state index < -0.39 is 11.4 Å². The van der Waals surface area contributed by atoms with Gasteiger partial charge in [-0.2, -0.15) is 0 Å². The van der Waals surface area contributed by atoms with Crippen molar-refractivity contribution in [3.8, 4) is 0 Å². The van der Waals surface area contributed by atoms with Gasteiger partial charge in [-0.05, 0) is 117 Å². The maximum Gasteiger partial charge on any atom is 0.306 e. The smallest absolute Gasteiger partial charge is 0.306 e. The van der Waals surface area contributed by atoms with Crippen LogP contribution in [0.5, 0.6) is 0 Å². The molecule has 5 unspecified atom stereocenters. The summed E-state index contributed by atoms with van der Waals surface area (Å²) in [7, 11) is 1.96. The van der Waals surface area contributed by atoms with E-state index >= 15 is 0 Å². The third-order valence-electron chi connectivity index (χ3n) is 13.7. The molecule has 0 saturated heterocycles. The second kappa shape index (κ2) is 18.7. The predicted octanol–water partition coefficient (Wildman–Crippen LogP) is 10.2. The quantitative estimate of drug-likeness (QED) is 0.124. The molecule has 7 nitrogen and oxygen atoms in total. The number of aliphatic carboxylic acids is 1. The van der Waals surface area contributed by atoms with Crippen molar-refractivity contribution in [3.63, 3.8) is 0 Å². The molecule has 9 atom stereocenters. The summed E-state index contributed by atoms with van der Waals surface area (Å²) in [6, 6.07) is 0. The van der Waals surface area contributed by atoms with Crippen molar-refractivity contribution in [1.29, 1.82) is 0 Å². The Hall–Kier alpha value is -1.89. The van der Waals surface area contributed by atoms with E-state index in [0.717, 1.165) is 44.9 Å². The fraction of sp³-hybridized carbons (Fsp3) is 0.884. The molecule has 0 spiro atoms. The Labute approximate surface area is 307 Å². The minimum atomic E-state index is -0.882. The van der Waals surface area contributed by atoms with Crippen LogP contribution in [0.1, 0.15) is 153 Å². The molecular formula is C43H77NO6. The zero-order valence-electron chi connectivity index (χ0n) is 34.4. The Morgan fingerprint density at radius 2 is 1.54 bits per heavy atom. The number of likely N-dealkylation sites (N-methyl/N-ethyl adjacent to an activating group) is 1. The molecule has 4 saturated carbocycles. The Morgan fingerprint density at radius 1 is 0.920 bits per heavy atom. The molecule has 0 aromatic carbocycles. The highest BCUT2D eigenvalue weighted by Gasteiger charge is 2.65. The number of ether oxygens (including phenoxy) is 2. The summed E-state index contributed by atoms with van der Waals surface area (Å²) in [4.78, 5) is 40.1. The maximum atomic E-state index is 13.8. The first-order valence-electron chi connectivity index (χ1n) is 20.2. The summed E-state index contributed by atoms with van der Waals surface area (Å²) in [6.45, 7) is 29.0. The molecule has 4 aliphatic carbocycles. The van der Waals surface area contributed by atoms with Gasteiger partial charge in [-0.25, -0.2) is 0 Å². The highest BCUT2D eigenvalue weighted by molar-refractivity contribution is 5.79. The summed E-state index contributed by atoms with van der Waals surface area (Å²) in [5.74, 6) is 2.18. The maximum absolute atomic E-state index is 13.8. The largest absolute Gasteiger partial charge is 0.481 e. The lowest BCUT2D eigenvalue weighted by atomic mass is 9.36. The third kappa shape index (κ3) is 9.75. The summed E-state index contributed by atoms with van der Waals surface area (Å²) in [6.07, 6.45) is 12.9. The molecule has 4 fully saturated rings. The van der Waals surface area contributed by atoms with E-state index in [0.29, 0.717) is 55.3 Å². The summed E-state index contributed by atoms with van der Waals surface area (Å²) >= 11 is 0. The molecule has 0 aromatic rings. The second-order valence-corrected chi connectivity index (χ2v) is 17.8. The number of hydrogen-bond acceptors (Lipinski definition) is 5. The molecule has 1 amide bonds. The van der Waals surface area contributed by atoms with Crippen LogP contribution in [-0.2, 0) is 23.9 Å². The summed E-state index contributed by atoms with van der Waals surface area (Å²) < 4.78 is 11.8. The van der Waals surface area contributed by atoms with Crippen molar-refractivity contribution in [2.45, 2.75) is 159 Å². The van der Waals surface area contributed by atoms with Crippen LogP contribution in [0, 0.1) is 57.2 Å². The van der Waals surface area contributed by atoms with Gasteiger partial charge in [0.05, 0.1) is 19.4 Å². The van der Waals surface area contributed by atoms with E-state index in [2.05, 4.69) is 41.2 Å². The Morgan fingerprint density at radius 3 is 2.12 bits per heavy atom. The van der Waals surface area contributed by atoms with E-state index in [9.17, 15) is 19.5 Å². The number of esters is 1. The average molecular weight is 704 g/mol. The van der Waals surface area contributed by atoms with Crippen molar-refractivity contribution in [3.05, 3.63) is 12.7 Å². The van der Waals surface area contributed by atoms with Crippen molar-refractivity contribution in [2.24, 2.45) is 57.2 Å². The molecule has 0 radical (unpaired) electrons. The normalized spacial score (nSPS) is 34.1. The minimum absolute atomic E-state index is 0.0437. The van der Waals surface area contributed by atoms with Crippen LogP contribution < -0.4 is 0 Å². The molecule has 1 N–H and O–H groups in total. The molecule has 0 aliphatic heterocycles. The van der Waals surface area contributed by atoms with E-state index in [1.807, 2.05) is 53.5 Å². The van der Waals surface area contributed by atoms with E-state index in [1.165, 1.54) is 19.3 Å². The zero-order valence-corrected chi connectivity index (χ0v) is 34.4. The lowest BCUT2D eigenvalue weighted by Crippen LogP contribution is -2.63. The number of nitrogens with zero attached hydrogens (tertiary/aromatic N) is 1. The van der Waals surface area contributed by atoms with E-state index in [4.69, 9.17) is 9.47 Å². The predicted molar refractivity (Wildman–Crippen MR) is 205 cm³/mol. The first kappa shape index (κ1) is 44.3.